The molecule has 1 N–H and O–H groups in total. The molecular weight excluding hydrogens is 286 g/mol. The zero-order chi connectivity index (χ0) is 16.7. The number of hydrogen-bond acceptors (Lipinski definition) is 2. The molecule has 0 aliphatic rings. The van der Waals surface area contributed by atoms with Gasteiger partial charge in [-0.15, -0.1) is 0 Å². The van der Waals surface area contributed by atoms with Crippen molar-refractivity contribution < 1.29 is 9.53 Å². The van der Waals surface area contributed by atoms with E-state index in [9.17, 15) is 4.79 Å². The van der Waals surface area contributed by atoms with Crippen LogP contribution in [0.2, 0.25) is 0 Å². The first-order chi connectivity index (χ1) is 11.1. The number of methoxy groups -OCH3 is 1. The summed E-state index contributed by atoms with van der Waals surface area (Å²) < 4.78 is 5.21. The van der Waals surface area contributed by atoms with Crippen molar-refractivity contribution in [2.75, 3.05) is 7.11 Å². The highest BCUT2D eigenvalue weighted by Crippen LogP contribution is 2.18. The van der Waals surface area contributed by atoms with Gasteiger partial charge >= 0.3 is 0 Å². The van der Waals surface area contributed by atoms with Crippen LogP contribution in [0.1, 0.15) is 42.5 Å². The summed E-state index contributed by atoms with van der Waals surface area (Å²) in [6.07, 6.45) is 2.30. The van der Waals surface area contributed by atoms with E-state index in [-0.39, 0.29) is 11.9 Å². The number of ether oxygens (including phenoxy) is 1. The third-order valence-corrected chi connectivity index (χ3v) is 4.08. The predicted molar refractivity (Wildman–Crippen MR) is 93.7 cm³/mol. The molecule has 122 valence electrons. The summed E-state index contributed by atoms with van der Waals surface area (Å²) in [6.45, 7) is 4.09. The number of hydrogen-bond donors (Lipinski definition) is 1. The van der Waals surface area contributed by atoms with Gasteiger partial charge in [-0.2, -0.15) is 0 Å². The Hall–Kier alpha value is -2.29. The van der Waals surface area contributed by atoms with Gasteiger partial charge in [0.1, 0.15) is 5.75 Å². The maximum absolute atomic E-state index is 12.1. The number of amides is 1. The molecule has 0 saturated carbocycles. The van der Waals surface area contributed by atoms with Crippen molar-refractivity contribution in [2.24, 2.45) is 0 Å². The standard InChI is InChI=1S/C20H25NO2/c1-15-14-19(23-3)13-12-17(15)10-7-11-20(22)21-16(2)18-8-5-4-6-9-18/h4-6,8-9,12-14,16H,7,10-11H2,1-3H3,(H,21,22)/t16-/m0/s1. The van der Waals surface area contributed by atoms with E-state index >= 15 is 0 Å². The van der Waals surface area contributed by atoms with E-state index in [1.165, 1.54) is 11.1 Å². The average molecular weight is 311 g/mol. The number of benzene rings is 2. The van der Waals surface area contributed by atoms with Crippen LogP contribution in [0.5, 0.6) is 5.75 Å². The van der Waals surface area contributed by atoms with Crippen molar-refractivity contribution >= 4 is 5.91 Å². The summed E-state index contributed by atoms with van der Waals surface area (Å²) in [5, 5.41) is 3.06. The molecule has 0 aliphatic heterocycles. The topological polar surface area (TPSA) is 38.3 Å². The Morgan fingerprint density at radius 1 is 1.17 bits per heavy atom. The monoisotopic (exact) mass is 311 g/mol. The van der Waals surface area contributed by atoms with Crippen LogP contribution in [0, 0.1) is 6.92 Å². The van der Waals surface area contributed by atoms with Gasteiger partial charge in [-0.3, -0.25) is 4.79 Å². The molecule has 3 nitrogen and oxygen atoms in total. The Labute approximate surface area is 138 Å². The number of carbonyl (C=O) groups excluding carboxylic acids is 1. The molecule has 0 fully saturated rings. The highest BCUT2D eigenvalue weighted by molar-refractivity contribution is 5.76. The Morgan fingerprint density at radius 2 is 1.91 bits per heavy atom. The predicted octanol–water partition coefficient (Wildman–Crippen LogP) is 4.20. The molecule has 23 heavy (non-hydrogen) atoms. The van der Waals surface area contributed by atoms with Gasteiger partial charge in [0.05, 0.1) is 13.2 Å². The van der Waals surface area contributed by atoms with E-state index < -0.39 is 0 Å². The lowest BCUT2D eigenvalue weighted by Crippen LogP contribution is -2.26. The largest absolute Gasteiger partial charge is 0.497 e. The zero-order valence-electron chi connectivity index (χ0n) is 14.1. The third-order valence-electron chi connectivity index (χ3n) is 4.08. The van der Waals surface area contributed by atoms with Crippen molar-refractivity contribution in [3.05, 3.63) is 65.2 Å². The Morgan fingerprint density at radius 3 is 2.57 bits per heavy atom. The minimum Gasteiger partial charge on any atom is -0.497 e. The van der Waals surface area contributed by atoms with Gasteiger partial charge in [-0.25, -0.2) is 0 Å². The Bertz CT molecular complexity index is 637. The van der Waals surface area contributed by atoms with Crippen molar-refractivity contribution in [3.8, 4) is 5.75 Å². The smallest absolute Gasteiger partial charge is 0.220 e. The summed E-state index contributed by atoms with van der Waals surface area (Å²) in [5.41, 5.74) is 3.61. The van der Waals surface area contributed by atoms with Crippen molar-refractivity contribution in [1.29, 1.82) is 0 Å². The SMILES string of the molecule is COc1ccc(CCCC(=O)N[C@@H](C)c2ccccc2)c(C)c1. The van der Waals surface area contributed by atoms with Crippen molar-refractivity contribution in [2.45, 2.75) is 39.2 Å². The van der Waals surface area contributed by atoms with E-state index in [4.69, 9.17) is 4.74 Å². The summed E-state index contributed by atoms with van der Waals surface area (Å²) >= 11 is 0. The lowest BCUT2D eigenvalue weighted by molar-refractivity contribution is -0.121. The van der Waals surface area contributed by atoms with Crippen LogP contribution in [0.3, 0.4) is 0 Å². The number of nitrogens with one attached hydrogen (secondary N) is 1. The summed E-state index contributed by atoms with van der Waals surface area (Å²) in [6, 6.07) is 16.2. The molecule has 0 aliphatic carbocycles. The second kappa shape index (κ2) is 8.37. The van der Waals surface area contributed by atoms with E-state index in [2.05, 4.69) is 18.3 Å². The molecule has 1 atom stereocenters. The minimum absolute atomic E-state index is 0.0476. The molecule has 0 aromatic heterocycles. The fourth-order valence-corrected chi connectivity index (χ4v) is 2.65. The average Bonchev–Trinajstić information content (AvgIpc) is 2.57. The molecule has 2 aromatic carbocycles. The van der Waals surface area contributed by atoms with Gasteiger partial charge in [0, 0.05) is 6.42 Å². The van der Waals surface area contributed by atoms with Crippen LogP contribution in [0.4, 0.5) is 0 Å². The number of aryl methyl sites for hydroxylation is 2. The lowest BCUT2D eigenvalue weighted by Gasteiger charge is -2.14. The summed E-state index contributed by atoms with van der Waals surface area (Å²) in [4.78, 5) is 12.1. The molecule has 2 aromatic rings. The highest BCUT2D eigenvalue weighted by atomic mass is 16.5. The fraction of sp³-hybridized carbons (Fsp3) is 0.350. The van der Waals surface area contributed by atoms with E-state index in [0.29, 0.717) is 6.42 Å². The summed E-state index contributed by atoms with van der Waals surface area (Å²) in [5.74, 6) is 0.980. The highest BCUT2D eigenvalue weighted by Gasteiger charge is 2.09. The molecule has 0 saturated heterocycles. The molecule has 0 heterocycles. The van der Waals surface area contributed by atoms with E-state index in [0.717, 1.165) is 24.2 Å². The van der Waals surface area contributed by atoms with Gasteiger partial charge in [0.15, 0.2) is 0 Å². The van der Waals surface area contributed by atoms with E-state index in [1.54, 1.807) is 7.11 Å². The number of carbonyl (C=O) groups is 1. The Kier molecular flexibility index (Phi) is 6.21. The fourth-order valence-electron chi connectivity index (χ4n) is 2.65. The molecule has 2 rings (SSSR count). The molecule has 0 unspecified atom stereocenters. The van der Waals surface area contributed by atoms with Crippen LogP contribution in [0.25, 0.3) is 0 Å². The molecule has 0 spiro atoms. The minimum atomic E-state index is 0.0476. The molecule has 1 amide bonds. The van der Waals surface area contributed by atoms with Gasteiger partial charge in [-0.05, 0) is 55.5 Å². The van der Waals surface area contributed by atoms with E-state index in [1.807, 2.05) is 49.4 Å². The lowest BCUT2D eigenvalue weighted by atomic mass is 10.0. The molecule has 0 bridgehead atoms. The molecule has 0 radical (unpaired) electrons. The first-order valence-corrected chi connectivity index (χ1v) is 8.08. The summed E-state index contributed by atoms with van der Waals surface area (Å²) in [7, 11) is 1.67. The van der Waals surface area contributed by atoms with Gasteiger partial charge in [-0.1, -0.05) is 36.4 Å². The van der Waals surface area contributed by atoms with Crippen molar-refractivity contribution in [1.82, 2.24) is 5.32 Å². The number of rotatable bonds is 7. The van der Waals surface area contributed by atoms with Gasteiger partial charge < -0.3 is 10.1 Å². The second-order valence-electron chi connectivity index (χ2n) is 5.85. The van der Waals surface area contributed by atoms with Crippen molar-refractivity contribution in [3.63, 3.8) is 0 Å². The Balaban J connectivity index is 1.79. The normalized spacial score (nSPS) is 11.8. The quantitative estimate of drug-likeness (QED) is 0.832. The van der Waals surface area contributed by atoms with Crippen LogP contribution in [0.15, 0.2) is 48.5 Å². The maximum Gasteiger partial charge on any atom is 0.220 e. The third kappa shape index (κ3) is 5.13. The van der Waals surface area contributed by atoms with Crippen LogP contribution < -0.4 is 10.1 Å². The second-order valence-corrected chi connectivity index (χ2v) is 5.85. The van der Waals surface area contributed by atoms with Crippen LogP contribution in [-0.4, -0.2) is 13.0 Å². The van der Waals surface area contributed by atoms with Crippen LogP contribution in [-0.2, 0) is 11.2 Å². The molecular formula is C20H25NO2. The first kappa shape index (κ1) is 17.1. The van der Waals surface area contributed by atoms with Gasteiger partial charge in [0.2, 0.25) is 5.91 Å². The zero-order valence-corrected chi connectivity index (χ0v) is 14.1. The van der Waals surface area contributed by atoms with Gasteiger partial charge in [0.25, 0.3) is 0 Å². The maximum atomic E-state index is 12.1. The first-order valence-electron chi connectivity index (χ1n) is 8.08. The molecule has 3 heteroatoms. The van der Waals surface area contributed by atoms with Crippen LogP contribution >= 0.6 is 0 Å².